The Labute approximate surface area is 130 Å². The van der Waals surface area contributed by atoms with Gasteiger partial charge in [-0.15, -0.1) is 0 Å². The van der Waals surface area contributed by atoms with Gasteiger partial charge in [0.2, 0.25) is 5.91 Å². The van der Waals surface area contributed by atoms with Gasteiger partial charge in [0.1, 0.15) is 26.2 Å². The van der Waals surface area contributed by atoms with Gasteiger partial charge in [-0.3, -0.25) is 14.5 Å². The first-order valence-corrected chi connectivity index (χ1v) is 7.58. The van der Waals surface area contributed by atoms with Crippen molar-refractivity contribution in [1.29, 1.82) is 0 Å². The lowest BCUT2D eigenvalue weighted by molar-refractivity contribution is -0.892. The summed E-state index contributed by atoms with van der Waals surface area (Å²) in [4.78, 5) is 31.5. The van der Waals surface area contributed by atoms with E-state index in [1.54, 1.807) is 14.1 Å². The van der Waals surface area contributed by atoms with E-state index in [2.05, 4.69) is 21.3 Å². The molecule has 3 N–H and O–H groups in total. The second-order valence-corrected chi connectivity index (χ2v) is 5.73. The summed E-state index contributed by atoms with van der Waals surface area (Å²) in [6, 6.07) is 6.04. The fraction of sp³-hybridized carbons (Fsp3) is 0.533. The monoisotopic (exact) mass is 307 g/mol. The highest BCUT2D eigenvalue weighted by Gasteiger charge is 2.27. The Balaban J connectivity index is 1.71. The highest BCUT2D eigenvalue weighted by Crippen LogP contribution is 2.04. The van der Waals surface area contributed by atoms with E-state index in [9.17, 15) is 9.59 Å². The van der Waals surface area contributed by atoms with Crippen LogP contribution in [0.5, 0.6) is 0 Å². The van der Waals surface area contributed by atoms with Gasteiger partial charge in [0.05, 0.1) is 12.7 Å². The molecule has 2 rings (SSSR count). The lowest BCUT2D eigenvalue weighted by Gasteiger charge is -2.27. The van der Waals surface area contributed by atoms with Gasteiger partial charge in [0.15, 0.2) is 6.54 Å². The Kier molecular flexibility index (Phi) is 5.71. The molecule has 1 fully saturated rings. The summed E-state index contributed by atoms with van der Waals surface area (Å²) >= 11 is 0. The normalized spacial score (nSPS) is 15.5. The molecule has 7 nitrogen and oxygen atoms in total. The average Bonchev–Trinajstić information content (AvgIpc) is 2.54. The van der Waals surface area contributed by atoms with Crippen LogP contribution in [0.25, 0.3) is 0 Å². The maximum Gasteiger partial charge on any atom is 0.275 e. The molecule has 120 valence electrons. The third-order valence-corrected chi connectivity index (χ3v) is 3.85. The standard InChI is InChI=1S/C15H23N5O2/c1-18(2)15(22)11-17-14(21)12-19-7-9-20(10-8-19)13-5-3-4-6-16-13/h3-6H,7-12H2,1-2H3,(H,17,21)/p+2. The topological polar surface area (TPSA) is 71.2 Å². The number of carbonyl (C=O) groups excluding carboxylic acids is 2. The molecule has 0 aliphatic carbocycles. The van der Waals surface area contributed by atoms with Crippen molar-refractivity contribution in [3.05, 3.63) is 24.4 Å². The summed E-state index contributed by atoms with van der Waals surface area (Å²) in [6.07, 6.45) is 1.92. The lowest BCUT2D eigenvalue weighted by Crippen LogP contribution is -3.16. The van der Waals surface area contributed by atoms with Gasteiger partial charge in [-0.2, -0.15) is 0 Å². The summed E-state index contributed by atoms with van der Waals surface area (Å²) < 4.78 is 0. The number of amides is 2. The predicted octanol–water partition coefficient (Wildman–Crippen LogP) is -2.59. The molecular formula is C15H25N5O2+2. The van der Waals surface area contributed by atoms with E-state index in [-0.39, 0.29) is 18.4 Å². The van der Waals surface area contributed by atoms with Crippen LogP contribution < -0.4 is 20.1 Å². The van der Waals surface area contributed by atoms with Crippen LogP contribution in [0.4, 0.5) is 5.82 Å². The Morgan fingerprint density at radius 1 is 1.32 bits per heavy atom. The molecule has 2 heterocycles. The number of rotatable bonds is 5. The van der Waals surface area contributed by atoms with Crippen molar-refractivity contribution in [3.63, 3.8) is 0 Å². The van der Waals surface area contributed by atoms with Gasteiger partial charge < -0.3 is 15.1 Å². The quantitative estimate of drug-likeness (QED) is 0.627. The number of pyridine rings is 1. The second-order valence-electron chi connectivity index (χ2n) is 5.73. The van der Waals surface area contributed by atoms with Gasteiger partial charge in [-0.25, -0.2) is 4.98 Å². The average molecular weight is 307 g/mol. The van der Waals surface area contributed by atoms with Gasteiger partial charge in [0, 0.05) is 20.2 Å². The number of aromatic amines is 1. The molecule has 0 spiro atoms. The third-order valence-electron chi connectivity index (χ3n) is 3.85. The first-order valence-electron chi connectivity index (χ1n) is 7.58. The summed E-state index contributed by atoms with van der Waals surface area (Å²) in [5.74, 6) is 0.959. The number of carbonyl (C=O) groups is 2. The van der Waals surface area contributed by atoms with Crippen molar-refractivity contribution in [1.82, 2.24) is 10.2 Å². The van der Waals surface area contributed by atoms with Gasteiger partial charge in [-0.1, -0.05) is 6.07 Å². The molecule has 1 aliphatic heterocycles. The van der Waals surface area contributed by atoms with Crippen LogP contribution >= 0.6 is 0 Å². The first-order chi connectivity index (χ1) is 10.6. The fourth-order valence-corrected chi connectivity index (χ4v) is 2.44. The van der Waals surface area contributed by atoms with E-state index in [0.29, 0.717) is 6.54 Å². The van der Waals surface area contributed by atoms with E-state index in [0.717, 1.165) is 32.0 Å². The molecule has 0 bridgehead atoms. The smallest absolute Gasteiger partial charge is 0.275 e. The van der Waals surface area contributed by atoms with Crippen molar-refractivity contribution < 1.29 is 19.5 Å². The number of hydrogen-bond donors (Lipinski definition) is 2. The Hall–Kier alpha value is -2.15. The molecular weight excluding hydrogens is 282 g/mol. The number of nitrogens with one attached hydrogen (secondary N) is 3. The van der Waals surface area contributed by atoms with Gasteiger partial charge >= 0.3 is 0 Å². The summed E-state index contributed by atoms with van der Waals surface area (Å²) in [5, 5.41) is 2.68. The van der Waals surface area contributed by atoms with Crippen LogP contribution in [-0.2, 0) is 9.59 Å². The molecule has 2 amide bonds. The van der Waals surface area contributed by atoms with Crippen LogP contribution in [0.1, 0.15) is 0 Å². The molecule has 7 heteroatoms. The number of piperazine rings is 1. The zero-order chi connectivity index (χ0) is 15.9. The summed E-state index contributed by atoms with van der Waals surface area (Å²) in [5.41, 5.74) is 0. The van der Waals surface area contributed by atoms with Gasteiger partial charge in [0.25, 0.3) is 11.7 Å². The lowest BCUT2D eigenvalue weighted by atomic mass is 10.3. The van der Waals surface area contributed by atoms with Crippen molar-refractivity contribution >= 4 is 17.6 Å². The maximum atomic E-state index is 11.9. The molecule has 22 heavy (non-hydrogen) atoms. The van der Waals surface area contributed by atoms with Gasteiger partial charge in [-0.05, 0) is 6.07 Å². The zero-order valence-corrected chi connectivity index (χ0v) is 13.3. The van der Waals surface area contributed by atoms with Crippen molar-refractivity contribution in [2.24, 2.45) is 0 Å². The van der Waals surface area contributed by atoms with Crippen molar-refractivity contribution in [2.45, 2.75) is 0 Å². The minimum atomic E-state index is -0.0900. The van der Waals surface area contributed by atoms with Crippen molar-refractivity contribution in [2.75, 3.05) is 58.3 Å². The molecule has 1 aromatic heterocycles. The van der Waals surface area contributed by atoms with Crippen LogP contribution in [0.3, 0.4) is 0 Å². The Morgan fingerprint density at radius 3 is 2.64 bits per heavy atom. The maximum absolute atomic E-state index is 11.9. The number of nitrogens with zero attached hydrogens (tertiary/aromatic N) is 2. The fourth-order valence-electron chi connectivity index (χ4n) is 2.44. The van der Waals surface area contributed by atoms with Crippen LogP contribution in [0.15, 0.2) is 24.4 Å². The van der Waals surface area contributed by atoms with E-state index in [1.807, 2.05) is 18.3 Å². The largest absolute Gasteiger partial charge is 0.347 e. The Morgan fingerprint density at radius 2 is 2.05 bits per heavy atom. The zero-order valence-electron chi connectivity index (χ0n) is 13.3. The SMILES string of the molecule is CN(C)C(=O)CNC(=O)C[NH+]1CCN(c2cccc[nH+]2)CC1. The predicted molar refractivity (Wildman–Crippen MR) is 82.5 cm³/mol. The molecule has 1 saturated heterocycles. The minimum absolute atomic E-state index is 0.0649. The van der Waals surface area contributed by atoms with E-state index < -0.39 is 0 Å². The van der Waals surface area contributed by atoms with Crippen LogP contribution in [0, 0.1) is 0 Å². The number of likely N-dealkylation sites (N-methyl/N-ethyl adjacent to an activating group) is 1. The van der Waals surface area contributed by atoms with Crippen LogP contribution in [0.2, 0.25) is 0 Å². The van der Waals surface area contributed by atoms with Crippen molar-refractivity contribution in [3.8, 4) is 0 Å². The molecule has 0 atom stereocenters. The number of aromatic nitrogens is 1. The van der Waals surface area contributed by atoms with Crippen LogP contribution in [-0.4, -0.2) is 70.1 Å². The molecule has 1 aromatic rings. The van der Waals surface area contributed by atoms with E-state index in [4.69, 9.17) is 0 Å². The molecule has 0 aromatic carbocycles. The molecule has 0 unspecified atom stereocenters. The number of quaternary nitrogens is 1. The number of anilines is 1. The van der Waals surface area contributed by atoms with E-state index in [1.165, 1.54) is 9.80 Å². The number of hydrogen-bond acceptors (Lipinski definition) is 3. The highest BCUT2D eigenvalue weighted by molar-refractivity contribution is 5.84. The highest BCUT2D eigenvalue weighted by atomic mass is 16.2. The second kappa shape index (κ2) is 7.74. The molecule has 0 radical (unpaired) electrons. The Bertz CT molecular complexity index is 498. The third kappa shape index (κ3) is 4.70. The molecule has 1 aliphatic rings. The summed E-state index contributed by atoms with van der Waals surface area (Å²) in [7, 11) is 3.36. The number of H-pyrrole nitrogens is 1. The van der Waals surface area contributed by atoms with E-state index >= 15 is 0 Å². The summed E-state index contributed by atoms with van der Waals surface area (Å²) in [6.45, 7) is 4.16. The first kappa shape index (κ1) is 16.2. The molecule has 0 saturated carbocycles. The minimum Gasteiger partial charge on any atom is -0.347 e.